The van der Waals surface area contributed by atoms with Gasteiger partial charge in [-0.2, -0.15) is 0 Å². The highest BCUT2D eigenvalue weighted by Crippen LogP contribution is 2.37. The van der Waals surface area contributed by atoms with Crippen molar-refractivity contribution in [1.29, 1.82) is 0 Å². The molecule has 0 aliphatic carbocycles. The lowest BCUT2D eigenvalue weighted by Gasteiger charge is -2.32. The van der Waals surface area contributed by atoms with E-state index in [-0.39, 0.29) is 62.8 Å². The number of hydrogen-bond acceptors (Lipinski definition) is 15. The van der Waals surface area contributed by atoms with Crippen LogP contribution in [0.2, 0.25) is 15.5 Å². The second kappa shape index (κ2) is 38.5. The molecule has 0 atom stereocenters. The summed E-state index contributed by atoms with van der Waals surface area (Å²) in [5.41, 5.74) is 11.0. The number of carbonyl (C=O) groups is 4. The van der Waals surface area contributed by atoms with Crippen LogP contribution in [0, 0.1) is 72.0 Å². The average Bonchev–Trinajstić information content (AvgIpc) is 1.71. The lowest BCUT2D eigenvalue weighted by Crippen LogP contribution is -2.41. The molecule has 0 radical (unpaired) electrons. The molecule has 7 heterocycles. The monoisotopic (exact) mass is 1660 g/mol. The van der Waals surface area contributed by atoms with Gasteiger partial charge in [0.1, 0.15) is 28.8 Å². The largest absolute Gasteiger partial charge is 0.494 e. The molecule has 0 unspecified atom stereocenters. The molecule has 6 aromatic heterocycles. The Bertz CT molecular complexity index is 5960. The molecule has 3 amide bonds. The lowest BCUT2D eigenvalue weighted by molar-refractivity contribution is 0.00578. The molecule has 0 bridgehead atoms. The molecule has 0 spiro atoms. The van der Waals surface area contributed by atoms with E-state index in [4.69, 9.17) is 55.0 Å². The maximum Gasteiger partial charge on any atom is 0.494 e. The zero-order valence-electron chi connectivity index (χ0n) is 62.1. The summed E-state index contributed by atoms with van der Waals surface area (Å²) in [7, 11) is -0.530. The molecule has 15 rings (SSSR count). The zero-order valence-corrected chi connectivity index (χ0v) is 64.4. The van der Waals surface area contributed by atoms with Crippen LogP contribution in [0.5, 0.6) is 0 Å². The fourth-order valence-electron chi connectivity index (χ4n) is 10.8. The van der Waals surface area contributed by atoms with Gasteiger partial charge in [0.15, 0.2) is 62.0 Å². The van der Waals surface area contributed by atoms with E-state index in [1.54, 1.807) is 52.5 Å². The number of amides is 3. The second-order valence-corrected chi connectivity index (χ2v) is 27.0. The van der Waals surface area contributed by atoms with Crippen molar-refractivity contribution in [2.24, 2.45) is 5.73 Å². The summed E-state index contributed by atoms with van der Waals surface area (Å²) in [6, 6.07) is 36.3. The highest BCUT2D eigenvalue weighted by atomic mass is 35.5. The van der Waals surface area contributed by atoms with E-state index in [9.17, 15) is 63.1 Å². The smallest absolute Gasteiger partial charge is 0.478 e. The summed E-state index contributed by atoms with van der Waals surface area (Å²) < 4.78 is 148. The minimum Gasteiger partial charge on any atom is -0.478 e. The number of fused-ring (bicyclic) bond motifs is 2. The number of anilines is 2. The summed E-state index contributed by atoms with van der Waals surface area (Å²) in [6.07, 6.45) is 15.1. The lowest BCUT2D eigenvalue weighted by atomic mass is 9.77. The van der Waals surface area contributed by atoms with Crippen LogP contribution in [0.3, 0.4) is 0 Å². The van der Waals surface area contributed by atoms with Crippen molar-refractivity contribution in [2.45, 2.75) is 65.8 Å². The highest BCUT2D eigenvalue weighted by molar-refractivity contribution is 6.62. The first-order valence-electron chi connectivity index (χ1n) is 34.7. The molecule has 14 aromatic rings. The standard InChI is InChI=1S/C26H17F3N4O.C20H23BFNO3.C12H8ClF2N3O.C12H6ClF2N3.C7H4F2O2.C5H6ClN3/c1-15-5-6-16(13-20(15)26(34)32-18-9-7-17(27)8-10-18)24-22-14-31-25(33(22)12-11-30-24)19-3-2-4-21(28)23(19)29;1-13-6-7-14(21-25-19(2,3)20(4,5)26-21)12-17(13)18(24)23-16-10-8-15(22)9-11-16;13-11-9(16-4-5-17-11)6-18-12(19)7-2-1-3-8(14)10(7)15;13-11-9-6-17-12(18(9)5-4-16-11)7-2-1-3-8(14)10(7)15;8-5-3-1-2-4(6(5)9)7(10)11;6-5-4(3-7)8-1-2-9-5/h2-14H,1H3,(H,32,34);6-12H,1-5H3,(H,23,24);1-5H,6H2,(H,18,19);1-6H;1-3H,(H,10,11);1-2H,3,7H2. The van der Waals surface area contributed by atoms with Crippen molar-refractivity contribution in [1.82, 2.24) is 54.0 Å². The van der Waals surface area contributed by atoms with Crippen molar-refractivity contribution in [3.63, 3.8) is 0 Å². The number of carboxylic acid groups (broad SMARTS) is 1. The number of aryl methyl sites for hydroxylation is 2. The van der Waals surface area contributed by atoms with Gasteiger partial charge in [0.2, 0.25) is 0 Å². The summed E-state index contributed by atoms with van der Waals surface area (Å²) >= 11 is 17.2. The third kappa shape index (κ3) is 21.2. The van der Waals surface area contributed by atoms with E-state index in [0.29, 0.717) is 67.9 Å². The predicted octanol–water partition coefficient (Wildman–Crippen LogP) is 17.6. The number of nitrogens with one attached hydrogen (secondary N) is 3. The van der Waals surface area contributed by atoms with Crippen LogP contribution in [0.25, 0.3) is 45.1 Å². The number of nitrogens with zero attached hydrogens (tertiary/aromatic N) is 10. The number of halogens is 13. The van der Waals surface area contributed by atoms with Gasteiger partial charge in [0.05, 0.1) is 75.0 Å². The maximum atomic E-state index is 14.4. The molecule has 21 nitrogen and oxygen atoms in total. The number of aromatic nitrogens is 10. The Kier molecular flexibility index (Phi) is 28.5. The van der Waals surface area contributed by atoms with Crippen molar-refractivity contribution in [2.75, 3.05) is 10.6 Å². The number of hydrogen-bond donors (Lipinski definition) is 5. The van der Waals surface area contributed by atoms with E-state index in [2.05, 4.69) is 55.8 Å². The molecule has 6 N–H and O–H groups in total. The van der Waals surface area contributed by atoms with Crippen LogP contribution in [0.15, 0.2) is 220 Å². The van der Waals surface area contributed by atoms with Crippen LogP contribution < -0.4 is 27.1 Å². The summed E-state index contributed by atoms with van der Waals surface area (Å²) in [6.45, 7) is 11.9. The zero-order chi connectivity index (χ0) is 84.6. The number of nitrogens with two attached hydrogens (primary N) is 1. The Balaban J connectivity index is 0.000000156. The number of carboxylic acids is 1. The van der Waals surface area contributed by atoms with Gasteiger partial charge >= 0.3 is 13.1 Å². The van der Waals surface area contributed by atoms with E-state index >= 15 is 0 Å². The first-order chi connectivity index (χ1) is 55.7. The third-order valence-corrected chi connectivity index (χ3v) is 18.6. The second-order valence-electron chi connectivity index (χ2n) is 26.0. The highest BCUT2D eigenvalue weighted by Gasteiger charge is 2.52. The van der Waals surface area contributed by atoms with Crippen LogP contribution in [-0.4, -0.2) is 95.8 Å². The molecular weight excluding hydrogens is 1600 g/mol. The topological polar surface area (TPSA) is 281 Å². The Morgan fingerprint density at radius 3 is 1.38 bits per heavy atom. The SMILES string of the molecule is Cc1ccc(-c2nccn3c(-c4cccc(F)c4F)ncc23)cc1C(=O)Nc1ccc(F)cc1.Cc1ccc(B2OC(C)(C)C(C)(C)O2)cc1C(=O)Nc1ccc(F)cc1.Fc1cccc(-c2ncc3c(Cl)nccn23)c1F.NCc1nccnc1Cl.O=C(NCc1nccnc1Cl)c1cccc(F)c1F.O=C(O)c1cccc(F)c1F. The summed E-state index contributed by atoms with van der Waals surface area (Å²) in [5, 5.41) is 17.0. The first kappa shape index (κ1) is 86.6. The van der Waals surface area contributed by atoms with Crippen molar-refractivity contribution in [3.05, 3.63) is 338 Å². The molecule has 598 valence electrons. The molecule has 1 aliphatic rings. The van der Waals surface area contributed by atoms with Gasteiger partial charge < -0.3 is 36.1 Å². The molecular formula is C82H64BCl3F10N14O7. The first-order valence-corrected chi connectivity index (χ1v) is 35.8. The van der Waals surface area contributed by atoms with Crippen molar-refractivity contribution < 1.29 is 77.5 Å². The van der Waals surface area contributed by atoms with Crippen molar-refractivity contribution >= 4 is 93.5 Å². The number of imidazole rings is 2. The number of rotatable bonds is 13. The molecule has 1 saturated heterocycles. The van der Waals surface area contributed by atoms with E-state index in [0.717, 1.165) is 53.0 Å². The number of carbonyl (C=O) groups excluding carboxylic acids is 3. The van der Waals surface area contributed by atoms with Crippen molar-refractivity contribution in [3.8, 4) is 34.0 Å². The predicted molar refractivity (Wildman–Crippen MR) is 420 cm³/mol. The van der Waals surface area contributed by atoms with Gasteiger partial charge in [0, 0.05) is 84.2 Å². The molecule has 0 saturated carbocycles. The van der Waals surface area contributed by atoms with Gasteiger partial charge in [-0.3, -0.25) is 38.1 Å². The Hall–Kier alpha value is -12.8. The maximum absolute atomic E-state index is 14.4. The van der Waals surface area contributed by atoms with Crippen LogP contribution in [0.4, 0.5) is 55.3 Å². The Morgan fingerprint density at radius 2 is 0.889 bits per heavy atom. The van der Waals surface area contributed by atoms with E-state index in [1.807, 2.05) is 52.8 Å². The minimum absolute atomic E-state index is 0.0263. The molecule has 35 heteroatoms. The average molecular weight is 1660 g/mol. The normalized spacial score (nSPS) is 12.2. The fourth-order valence-corrected chi connectivity index (χ4v) is 11.4. The fraction of sp³-hybridized carbons (Fsp3) is 0.122. The molecule has 1 aliphatic heterocycles. The summed E-state index contributed by atoms with van der Waals surface area (Å²) in [4.78, 5) is 79.5. The van der Waals surface area contributed by atoms with E-state index < -0.39 is 88.1 Å². The third-order valence-electron chi connectivity index (χ3n) is 17.7. The quantitative estimate of drug-likeness (QED) is 0.0530. The van der Waals surface area contributed by atoms with Gasteiger partial charge in [-0.05, 0) is 167 Å². The van der Waals surface area contributed by atoms with Crippen LogP contribution >= 0.6 is 34.8 Å². The Morgan fingerprint density at radius 1 is 0.462 bits per heavy atom. The van der Waals surface area contributed by atoms with Gasteiger partial charge in [-0.1, -0.05) is 83.3 Å². The molecule has 1 fully saturated rings. The Labute approximate surface area is 675 Å². The van der Waals surface area contributed by atoms with Crippen LogP contribution in [0.1, 0.15) is 91.6 Å². The van der Waals surface area contributed by atoms with Crippen LogP contribution in [-0.2, 0) is 22.4 Å². The number of benzene rings is 8. The van der Waals surface area contributed by atoms with E-state index in [1.165, 1.54) is 128 Å². The number of aromatic carboxylic acids is 1. The van der Waals surface area contributed by atoms with Gasteiger partial charge in [-0.15, -0.1) is 0 Å². The van der Waals surface area contributed by atoms with Gasteiger partial charge in [0.25, 0.3) is 17.7 Å². The van der Waals surface area contributed by atoms with Gasteiger partial charge in [-0.25, -0.2) is 73.6 Å². The minimum atomic E-state index is -1.47. The molecule has 117 heavy (non-hydrogen) atoms. The molecule has 8 aromatic carbocycles. The summed E-state index contributed by atoms with van der Waals surface area (Å²) in [5.74, 6) is -11.6.